The first-order chi connectivity index (χ1) is 16.6. The molecule has 5 rings (SSSR count). The third kappa shape index (κ3) is 3.99. The zero-order valence-electron chi connectivity index (χ0n) is 19.0. The Balaban J connectivity index is 1.55. The van der Waals surface area contributed by atoms with Crippen molar-refractivity contribution in [2.45, 2.75) is 13.5 Å². The molecule has 2 aromatic carbocycles. The average Bonchev–Trinajstić information content (AvgIpc) is 3.44. The topological polar surface area (TPSA) is 73.8 Å². The molecule has 172 valence electrons. The van der Waals surface area contributed by atoms with Crippen molar-refractivity contribution in [1.82, 2.24) is 14.4 Å². The van der Waals surface area contributed by atoms with Gasteiger partial charge in [0.15, 0.2) is 17.3 Å². The molecule has 0 saturated carbocycles. The number of oxazole rings is 1. The Morgan fingerprint density at radius 1 is 1.09 bits per heavy atom. The van der Waals surface area contributed by atoms with Gasteiger partial charge in [-0.2, -0.15) is 0 Å². The maximum Gasteiger partial charge on any atom is 0.191 e. The van der Waals surface area contributed by atoms with Gasteiger partial charge in [-0.25, -0.2) is 14.4 Å². The number of anilines is 2. The molecule has 0 atom stereocenters. The van der Waals surface area contributed by atoms with E-state index in [1.165, 1.54) is 12.1 Å². The summed E-state index contributed by atoms with van der Waals surface area (Å²) in [5.74, 6) is 1.60. The highest BCUT2D eigenvalue weighted by atomic mass is 19.1. The van der Waals surface area contributed by atoms with E-state index in [2.05, 4.69) is 10.3 Å². The van der Waals surface area contributed by atoms with E-state index >= 15 is 0 Å². The molecule has 0 aliphatic rings. The second-order valence-electron chi connectivity index (χ2n) is 7.75. The summed E-state index contributed by atoms with van der Waals surface area (Å²) in [7, 11) is 3.26. The standard InChI is InChI=1S/C26H23FN4O3/c1-16-28-14-24(34-16)20-11-10-19(13-23(20)33-3)29-21-5-4-12-31-22(15-32-2)25(30-26(21)31)17-6-8-18(27)9-7-17/h4-14,29H,15H2,1-3H3. The van der Waals surface area contributed by atoms with E-state index < -0.39 is 0 Å². The van der Waals surface area contributed by atoms with Gasteiger partial charge >= 0.3 is 0 Å². The molecule has 0 aliphatic carbocycles. The molecule has 5 aromatic rings. The first-order valence-electron chi connectivity index (χ1n) is 10.7. The lowest BCUT2D eigenvalue weighted by molar-refractivity contribution is 0.181. The van der Waals surface area contributed by atoms with Crippen LogP contribution in [0.15, 0.2) is 71.4 Å². The van der Waals surface area contributed by atoms with Crippen LogP contribution in [0, 0.1) is 12.7 Å². The molecule has 0 amide bonds. The molecule has 0 spiro atoms. The molecular weight excluding hydrogens is 435 g/mol. The molecule has 0 fully saturated rings. The fraction of sp³-hybridized carbons (Fsp3) is 0.154. The van der Waals surface area contributed by atoms with Crippen molar-refractivity contribution in [3.05, 3.63) is 84.4 Å². The monoisotopic (exact) mass is 458 g/mol. The summed E-state index contributed by atoms with van der Waals surface area (Å²) in [5.41, 5.74) is 5.60. The number of methoxy groups -OCH3 is 2. The number of pyridine rings is 1. The van der Waals surface area contributed by atoms with Gasteiger partial charge in [-0.05, 0) is 48.5 Å². The normalized spacial score (nSPS) is 11.2. The Morgan fingerprint density at radius 2 is 1.91 bits per heavy atom. The molecular formula is C26H23FN4O3. The highest BCUT2D eigenvalue weighted by Gasteiger charge is 2.17. The Kier molecular flexibility index (Phi) is 5.73. The lowest BCUT2D eigenvalue weighted by Crippen LogP contribution is -1.99. The van der Waals surface area contributed by atoms with Crippen molar-refractivity contribution < 1.29 is 18.3 Å². The molecule has 0 bridgehead atoms. The van der Waals surface area contributed by atoms with E-state index in [1.807, 2.05) is 40.9 Å². The van der Waals surface area contributed by atoms with Crippen molar-refractivity contribution in [3.8, 4) is 28.3 Å². The predicted molar refractivity (Wildman–Crippen MR) is 128 cm³/mol. The molecule has 3 aromatic heterocycles. The third-order valence-corrected chi connectivity index (χ3v) is 5.51. The molecule has 7 nitrogen and oxygen atoms in total. The van der Waals surface area contributed by atoms with Gasteiger partial charge in [0.1, 0.15) is 11.6 Å². The number of hydrogen-bond acceptors (Lipinski definition) is 6. The maximum absolute atomic E-state index is 13.5. The molecule has 34 heavy (non-hydrogen) atoms. The van der Waals surface area contributed by atoms with Crippen LogP contribution in [0.5, 0.6) is 5.75 Å². The van der Waals surface area contributed by atoms with Crippen LogP contribution >= 0.6 is 0 Å². The zero-order valence-corrected chi connectivity index (χ0v) is 19.0. The number of benzene rings is 2. The third-order valence-electron chi connectivity index (χ3n) is 5.51. The maximum atomic E-state index is 13.5. The van der Waals surface area contributed by atoms with Gasteiger partial charge in [-0.3, -0.25) is 4.40 Å². The number of rotatable bonds is 7. The number of imidazole rings is 1. The van der Waals surface area contributed by atoms with Crippen molar-refractivity contribution in [2.24, 2.45) is 0 Å². The molecule has 0 aliphatic heterocycles. The van der Waals surface area contributed by atoms with Crippen molar-refractivity contribution in [2.75, 3.05) is 19.5 Å². The molecule has 3 heterocycles. The van der Waals surface area contributed by atoms with Crippen LogP contribution in [0.4, 0.5) is 15.8 Å². The number of aryl methyl sites for hydroxylation is 1. The second kappa shape index (κ2) is 8.99. The number of hydrogen-bond donors (Lipinski definition) is 1. The fourth-order valence-corrected chi connectivity index (χ4v) is 3.94. The summed E-state index contributed by atoms with van der Waals surface area (Å²) in [6.45, 7) is 2.16. The summed E-state index contributed by atoms with van der Waals surface area (Å²) < 4.78 is 32.2. The van der Waals surface area contributed by atoms with E-state index in [0.717, 1.165) is 39.5 Å². The predicted octanol–water partition coefficient (Wildman–Crippen LogP) is 6.00. The number of nitrogens with zero attached hydrogens (tertiary/aromatic N) is 3. The van der Waals surface area contributed by atoms with Crippen LogP contribution in [0.2, 0.25) is 0 Å². The summed E-state index contributed by atoms with van der Waals surface area (Å²) in [6, 6.07) is 16.0. The lowest BCUT2D eigenvalue weighted by atomic mass is 10.1. The summed E-state index contributed by atoms with van der Waals surface area (Å²) in [4.78, 5) is 9.05. The minimum atomic E-state index is -0.291. The van der Waals surface area contributed by atoms with Gasteiger partial charge in [0.2, 0.25) is 0 Å². The lowest BCUT2D eigenvalue weighted by Gasteiger charge is -2.12. The fourth-order valence-electron chi connectivity index (χ4n) is 3.94. The van der Waals surface area contributed by atoms with Crippen molar-refractivity contribution >= 4 is 17.0 Å². The van der Waals surface area contributed by atoms with Gasteiger partial charge in [0, 0.05) is 37.5 Å². The largest absolute Gasteiger partial charge is 0.496 e. The smallest absolute Gasteiger partial charge is 0.191 e. The number of fused-ring (bicyclic) bond motifs is 1. The van der Waals surface area contributed by atoms with E-state index in [1.54, 1.807) is 39.5 Å². The molecule has 0 radical (unpaired) electrons. The number of halogens is 1. The van der Waals surface area contributed by atoms with Gasteiger partial charge < -0.3 is 19.2 Å². The van der Waals surface area contributed by atoms with Gasteiger partial charge in [-0.1, -0.05) is 0 Å². The first-order valence-corrected chi connectivity index (χ1v) is 10.7. The minimum absolute atomic E-state index is 0.291. The van der Waals surface area contributed by atoms with Crippen LogP contribution < -0.4 is 10.1 Å². The number of ether oxygens (including phenoxy) is 2. The Hall–Kier alpha value is -4.17. The van der Waals surface area contributed by atoms with Crippen LogP contribution in [-0.4, -0.2) is 28.6 Å². The van der Waals surface area contributed by atoms with Crippen molar-refractivity contribution in [3.63, 3.8) is 0 Å². The molecule has 1 N–H and O–H groups in total. The van der Waals surface area contributed by atoms with E-state index in [9.17, 15) is 4.39 Å². The Bertz CT molecular complexity index is 1460. The van der Waals surface area contributed by atoms with E-state index in [4.69, 9.17) is 18.9 Å². The van der Waals surface area contributed by atoms with Gasteiger partial charge in [0.25, 0.3) is 0 Å². The zero-order chi connectivity index (χ0) is 23.7. The highest BCUT2D eigenvalue weighted by molar-refractivity contribution is 5.80. The Labute approximate surface area is 195 Å². The quantitative estimate of drug-likeness (QED) is 0.322. The summed E-state index contributed by atoms with van der Waals surface area (Å²) in [6.07, 6.45) is 3.62. The van der Waals surface area contributed by atoms with E-state index in [0.29, 0.717) is 24.0 Å². The molecule has 0 saturated heterocycles. The SMILES string of the molecule is COCc1c(-c2ccc(F)cc2)nc2c(Nc3ccc(-c4cnc(C)o4)c(OC)c3)cccn12. The van der Waals surface area contributed by atoms with Gasteiger partial charge in [0.05, 0.1) is 42.6 Å². The highest BCUT2D eigenvalue weighted by Crippen LogP contribution is 2.35. The van der Waals surface area contributed by atoms with Crippen LogP contribution in [0.25, 0.3) is 28.2 Å². The summed E-state index contributed by atoms with van der Waals surface area (Å²) >= 11 is 0. The number of aromatic nitrogens is 3. The first kappa shape index (κ1) is 21.7. The number of nitrogens with one attached hydrogen (secondary N) is 1. The van der Waals surface area contributed by atoms with Crippen molar-refractivity contribution in [1.29, 1.82) is 0 Å². The Morgan fingerprint density at radius 3 is 2.62 bits per heavy atom. The van der Waals surface area contributed by atoms with E-state index in [-0.39, 0.29) is 5.82 Å². The van der Waals surface area contributed by atoms with Crippen LogP contribution in [-0.2, 0) is 11.3 Å². The molecule has 0 unspecified atom stereocenters. The summed E-state index contributed by atoms with van der Waals surface area (Å²) in [5, 5.41) is 3.44. The van der Waals surface area contributed by atoms with Gasteiger partial charge in [-0.15, -0.1) is 0 Å². The molecule has 8 heteroatoms. The van der Waals surface area contributed by atoms with Crippen LogP contribution in [0.1, 0.15) is 11.6 Å². The second-order valence-corrected chi connectivity index (χ2v) is 7.75. The minimum Gasteiger partial charge on any atom is -0.496 e. The van der Waals surface area contributed by atoms with Crippen LogP contribution in [0.3, 0.4) is 0 Å². The average molecular weight is 458 g/mol.